The number of nitrogens with two attached hydrogens (primary N) is 1. The summed E-state index contributed by atoms with van der Waals surface area (Å²) in [5.41, 5.74) is 7.55. The van der Waals surface area contributed by atoms with Crippen molar-refractivity contribution in [3.8, 4) is 11.8 Å². The van der Waals surface area contributed by atoms with Gasteiger partial charge in [0, 0.05) is 29.0 Å². The zero-order chi connectivity index (χ0) is 12.3. The van der Waals surface area contributed by atoms with Crippen LogP contribution in [0.2, 0.25) is 0 Å². The van der Waals surface area contributed by atoms with Gasteiger partial charge in [-0.05, 0) is 30.7 Å². The monoisotopic (exact) mass is 293 g/mol. The molecule has 4 nitrogen and oxygen atoms in total. The van der Waals surface area contributed by atoms with Gasteiger partial charge < -0.3 is 10.5 Å². The molecular weight excluding hydrogens is 282 g/mol. The van der Waals surface area contributed by atoms with Gasteiger partial charge in [0.25, 0.3) is 0 Å². The fourth-order valence-electron chi connectivity index (χ4n) is 1.34. The molecule has 0 bridgehead atoms. The first-order valence-electron chi connectivity index (χ1n) is 5.14. The summed E-state index contributed by atoms with van der Waals surface area (Å²) in [6.07, 6.45) is 3.42. The van der Waals surface area contributed by atoms with E-state index in [9.17, 15) is 0 Å². The van der Waals surface area contributed by atoms with E-state index in [1.165, 1.54) is 0 Å². The van der Waals surface area contributed by atoms with E-state index in [-0.39, 0.29) is 0 Å². The average molecular weight is 294 g/mol. The number of benzene rings is 1. The summed E-state index contributed by atoms with van der Waals surface area (Å²) < 4.78 is 6.56. The second-order valence-electron chi connectivity index (χ2n) is 3.60. The van der Waals surface area contributed by atoms with Crippen LogP contribution in [0.15, 0.2) is 35.1 Å². The maximum absolute atomic E-state index is 5.66. The zero-order valence-corrected chi connectivity index (χ0v) is 10.9. The molecule has 0 aliphatic heterocycles. The highest BCUT2D eigenvalue weighted by atomic mass is 79.9. The fourth-order valence-corrected chi connectivity index (χ4v) is 1.75. The third-order valence-electron chi connectivity index (χ3n) is 2.20. The second-order valence-corrected chi connectivity index (χ2v) is 4.52. The highest BCUT2D eigenvalue weighted by Crippen LogP contribution is 2.25. The lowest BCUT2D eigenvalue weighted by Gasteiger charge is -2.08. The number of hydrogen-bond donors (Lipinski definition) is 1. The molecule has 5 heteroatoms. The fraction of sp³-hybridized carbons (Fsp3) is 0.167. The van der Waals surface area contributed by atoms with Gasteiger partial charge in [-0.25, -0.2) is 9.97 Å². The summed E-state index contributed by atoms with van der Waals surface area (Å²) >= 11 is 3.39. The van der Waals surface area contributed by atoms with Crippen LogP contribution in [0, 0.1) is 6.92 Å². The predicted molar refractivity (Wildman–Crippen MR) is 68.9 cm³/mol. The summed E-state index contributed by atoms with van der Waals surface area (Å²) in [7, 11) is 0. The summed E-state index contributed by atoms with van der Waals surface area (Å²) in [5.74, 6) is 0.680. The van der Waals surface area contributed by atoms with Crippen molar-refractivity contribution in [3.63, 3.8) is 0 Å². The van der Waals surface area contributed by atoms with E-state index >= 15 is 0 Å². The van der Waals surface area contributed by atoms with E-state index in [0.29, 0.717) is 18.3 Å². The van der Waals surface area contributed by atoms with Crippen molar-refractivity contribution in [2.45, 2.75) is 13.5 Å². The zero-order valence-electron chi connectivity index (χ0n) is 9.35. The van der Waals surface area contributed by atoms with Gasteiger partial charge in [0.15, 0.2) is 0 Å². The first-order valence-corrected chi connectivity index (χ1v) is 5.93. The lowest BCUT2D eigenvalue weighted by molar-refractivity contribution is 0.436. The van der Waals surface area contributed by atoms with Gasteiger partial charge in [-0.2, -0.15) is 0 Å². The van der Waals surface area contributed by atoms with Crippen LogP contribution < -0.4 is 10.5 Å². The highest BCUT2D eigenvalue weighted by molar-refractivity contribution is 9.10. The summed E-state index contributed by atoms with van der Waals surface area (Å²) in [6, 6.07) is 5.98. The first kappa shape index (κ1) is 12.0. The van der Waals surface area contributed by atoms with Crippen molar-refractivity contribution in [2.75, 3.05) is 0 Å². The first-order chi connectivity index (χ1) is 8.19. The quantitative estimate of drug-likeness (QED) is 0.945. The van der Waals surface area contributed by atoms with Crippen LogP contribution in [-0.4, -0.2) is 9.97 Å². The molecule has 0 fully saturated rings. The van der Waals surface area contributed by atoms with Crippen molar-refractivity contribution in [1.82, 2.24) is 9.97 Å². The number of nitrogens with zero attached hydrogens (tertiary/aromatic N) is 2. The topological polar surface area (TPSA) is 61.0 Å². The molecule has 1 aromatic carbocycles. The van der Waals surface area contributed by atoms with Gasteiger partial charge >= 0.3 is 6.01 Å². The Labute approximate surface area is 108 Å². The minimum Gasteiger partial charge on any atom is -0.424 e. The molecule has 0 aliphatic carbocycles. The molecule has 1 heterocycles. The molecule has 88 valence electrons. The molecule has 0 spiro atoms. The molecule has 0 amide bonds. The van der Waals surface area contributed by atoms with Gasteiger partial charge in [0.1, 0.15) is 5.75 Å². The molecule has 1 aromatic heterocycles. The van der Waals surface area contributed by atoms with E-state index in [4.69, 9.17) is 10.5 Å². The van der Waals surface area contributed by atoms with Crippen LogP contribution in [0.3, 0.4) is 0 Å². The molecule has 2 rings (SSSR count). The molecular formula is C12H12BrN3O. The Hall–Kier alpha value is -1.46. The third-order valence-corrected chi connectivity index (χ3v) is 2.69. The van der Waals surface area contributed by atoms with E-state index in [2.05, 4.69) is 25.9 Å². The molecule has 2 aromatic rings. The molecule has 0 unspecified atom stereocenters. The van der Waals surface area contributed by atoms with Crippen LogP contribution in [0.25, 0.3) is 0 Å². The van der Waals surface area contributed by atoms with Crippen molar-refractivity contribution in [3.05, 3.63) is 46.2 Å². The van der Waals surface area contributed by atoms with Gasteiger partial charge in [-0.1, -0.05) is 15.9 Å². The van der Waals surface area contributed by atoms with Crippen molar-refractivity contribution < 1.29 is 4.74 Å². The lowest BCUT2D eigenvalue weighted by atomic mass is 10.2. The summed E-state index contributed by atoms with van der Waals surface area (Å²) in [5, 5.41) is 0. The van der Waals surface area contributed by atoms with E-state index in [1.807, 2.05) is 25.1 Å². The van der Waals surface area contributed by atoms with Crippen LogP contribution >= 0.6 is 15.9 Å². The molecule has 0 saturated heterocycles. The van der Waals surface area contributed by atoms with Gasteiger partial charge in [-0.15, -0.1) is 0 Å². The smallest absolute Gasteiger partial charge is 0.321 e. The Bertz CT molecular complexity index is 514. The van der Waals surface area contributed by atoms with Crippen molar-refractivity contribution in [2.24, 2.45) is 5.73 Å². The standard InChI is InChI=1S/C12H12BrN3O/c1-8-6-15-12(16-7-8)17-11-3-2-10(13)4-9(11)5-14/h2-4,6-7H,5,14H2,1H3. The Morgan fingerprint density at radius 1 is 1.29 bits per heavy atom. The molecule has 0 aliphatic rings. The molecule has 0 saturated carbocycles. The lowest BCUT2D eigenvalue weighted by Crippen LogP contribution is -2.00. The average Bonchev–Trinajstić information content (AvgIpc) is 2.34. The van der Waals surface area contributed by atoms with Crippen LogP contribution in [-0.2, 0) is 6.54 Å². The number of rotatable bonds is 3. The number of ether oxygens (including phenoxy) is 1. The highest BCUT2D eigenvalue weighted by Gasteiger charge is 2.06. The van der Waals surface area contributed by atoms with Crippen molar-refractivity contribution >= 4 is 15.9 Å². The number of halogens is 1. The van der Waals surface area contributed by atoms with E-state index in [1.54, 1.807) is 12.4 Å². The number of hydrogen-bond acceptors (Lipinski definition) is 4. The van der Waals surface area contributed by atoms with Crippen molar-refractivity contribution in [1.29, 1.82) is 0 Å². The Kier molecular flexibility index (Phi) is 3.71. The summed E-state index contributed by atoms with van der Waals surface area (Å²) in [4.78, 5) is 8.17. The maximum Gasteiger partial charge on any atom is 0.321 e. The SMILES string of the molecule is Cc1cnc(Oc2ccc(Br)cc2CN)nc1. The van der Waals surface area contributed by atoms with Gasteiger partial charge in [-0.3, -0.25) is 0 Å². The van der Waals surface area contributed by atoms with Crippen LogP contribution in [0.4, 0.5) is 0 Å². The molecule has 17 heavy (non-hydrogen) atoms. The van der Waals surface area contributed by atoms with Gasteiger partial charge in [0.2, 0.25) is 0 Å². The molecule has 0 atom stereocenters. The van der Waals surface area contributed by atoms with E-state index < -0.39 is 0 Å². The Morgan fingerprint density at radius 2 is 2.00 bits per heavy atom. The summed E-state index contributed by atoms with van der Waals surface area (Å²) in [6.45, 7) is 2.33. The normalized spacial score (nSPS) is 10.3. The third kappa shape index (κ3) is 3.01. The number of aromatic nitrogens is 2. The van der Waals surface area contributed by atoms with E-state index in [0.717, 1.165) is 15.6 Å². The molecule has 2 N–H and O–H groups in total. The van der Waals surface area contributed by atoms with Crippen LogP contribution in [0.5, 0.6) is 11.8 Å². The van der Waals surface area contributed by atoms with Crippen LogP contribution in [0.1, 0.15) is 11.1 Å². The molecule has 0 radical (unpaired) electrons. The Balaban J connectivity index is 2.26. The predicted octanol–water partition coefficient (Wildman–Crippen LogP) is 2.80. The maximum atomic E-state index is 5.66. The largest absolute Gasteiger partial charge is 0.424 e. The minimum atomic E-state index is 0.327. The second kappa shape index (κ2) is 5.25. The number of aryl methyl sites for hydroxylation is 1. The minimum absolute atomic E-state index is 0.327. The Morgan fingerprint density at radius 3 is 2.65 bits per heavy atom. The van der Waals surface area contributed by atoms with Gasteiger partial charge in [0.05, 0.1) is 0 Å².